The lowest BCUT2D eigenvalue weighted by Crippen LogP contribution is -2.20. The van der Waals surface area contributed by atoms with Crippen molar-refractivity contribution in [3.8, 4) is 22.4 Å². The van der Waals surface area contributed by atoms with Crippen LogP contribution in [0, 0.1) is 19.1 Å². The SMILES string of the molecule is [2H]C([2H])([2H])c1cnc(-c2cccc3c2oc2cc4c(ccc5ccccc54)cc23)cc1-c1ccc(C2([2H])CCC(C)(C)CC2)cc1C([2H])([2H])[2H]. The van der Waals surface area contributed by atoms with E-state index < -0.39 is 19.6 Å². The van der Waals surface area contributed by atoms with Crippen LogP contribution in [0.25, 0.3) is 65.9 Å². The number of hydrogen-bond acceptors (Lipinski definition) is 2. The lowest BCUT2D eigenvalue weighted by molar-refractivity contribution is 0.224. The van der Waals surface area contributed by atoms with Gasteiger partial charge in [-0.1, -0.05) is 80.6 Å². The van der Waals surface area contributed by atoms with Crippen LogP contribution in [0.5, 0.6) is 0 Å². The molecule has 2 heteroatoms. The van der Waals surface area contributed by atoms with E-state index >= 15 is 0 Å². The Morgan fingerprint density at radius 3 is 2.40 bits per heavy atom. The maximum Gasteiger partial charge on any atom is 0.144 e. The topological polar surface area (TPSA) is 26.0 Å². The van der Waals surface area contributed by atoms with Crippen molar-refractivity contribution in [3.63, 3.8) is 0 Å². The van der Waals surface area contributed by atoms with Crippen molar-refractivity contribution in [2.75, 3.05) is 0 Å². The first kappa shape index (κ1) is 19.7. The van der Waals surface area contributed by atoms with E-state index in [-0.39, 0.29) is 22.1 Å². The van der Waals surface area contributed by atoms with Crippen LogP contribution in [0.4, 0.5) is 0 Å². The monoisotopic (exact) mass is 566 g/mol. The molecule has 0 atom stereocenters. The summed E-state index contributed by atoms with van der Waals surface area (Å²) in [6, 6.07) is 29.3. The molecule has 7 aromatic rings. The Bertz CT molecular complexity index is 2460. The minimum absolute atomic E-state index is 0.0330. The summed E-state index contributed by atoms with van der Waals surface area (Å²) in [6.45, 7) is -0.686. The average Bonchev–Trinajstić information content (AvgIpc) is 3.45. The summed E-state index contributed by atoms with van der Waals surface area (Å²) in [5, 5.41) is 6.33. The zero-order valence-corrected chi connectivity index (χ0v) is 24.4. The molecular formula is C41H37NO. The van der Waals surface area contributed by atoms with E-state index in [1.807, 2.05) is 36.4 Å². The Labute approximate surface area is 263 Å². The fourth-order valence-electron chi connectivity index (χ4n) is 6.84. The first-order valence-electron chi connectivity index (χ1n) is 18.5. The molecule has 1 fully saturated rings. The molecule has 212 valence electrons. The molecule has 0 bridgehead atoms. The summed E-state index contributed by atoms with van der Waals surface area (Å²) in [5.41, 5.74) is 3.87. The summed E-state index contributed by atoms with van der Waals surface area (Å²) >= 11 is 0. The Hall–Kier alpha value is -4.43. The van der Waals surface area contributed by atoms with E-state index in [1.54, 1.807) is 18.2 Å². The van der Waals surface area contributed by atoms with E-state index in [0.29, 0.717) is 40.8 Å². The van der Waals surface area contributed by atoms with Crippen molar-refractivity contribution >= 4 is 43.5 Å². The quantitative estimate of drug-likeness (QED) is 0.199. The fraction of sp³-hybridized carbons (Fsp3) is 0.244. The number of nitrogens with zero attached hydrogens (tertiary/aromatic N) is 1. The third-order valence-electron chi connectivity index (χ3n) is 9.47. The van der Waals surface area contributed by atoms with Crippen molar-refractivity contribution in [3.05, 3.63) is 114 Å². The minimum atomic E-state index is -2.55. The number of hydrogen-bond donors (Lipinski definition) is 0. The van der Waals surface area contributed by atoms with Crippen LogP contribution >= 0.6 is 0 Å². The van der Waals surface area contributed by atoms with Gasteiger partial charge < -0.3 is 4.42 Å². The third-order valence-corrected chi connectivity index (χ3v) is 9.47. The van der Waals surface area contributed by atoms with E-state index in [0.717, 1.165) is 50.7 Å². The van der Waals surface area contributed by atoms with Crippen molar-refractivity contribution in [2.45, 2.75) is 59.1 Å². The smallest absolute Gasteiger partial charge is 0.144 e. The Morgan fingerprint density at radius 2 is 1.53 bits per heavy atom. The molecule has 0 aliphatic heterocycles. The van der Waals surface area contributed by atoms with Gasteiger partial charge in [-0.15, -0.1) is 0 Å². The Kier molecular flexibility index (Phi) is 4.49. The Balaban J connectivity index is 1.31. The van der Waals surface area contributed by atoms with Gasteiger partial charge >= 0.3 is 0 Å². The van der Waals surface area contributed by atoms with E-state index in [9.17, 15) is 1.37 Å². The van der Waals surface area contributed by atoms with Crippen LogP contribution in [0.3, 0.4) is 0 Å². The molecule has 1 aliphatic carbocycles. The molecule has 0 spiro atoms. The van der Waals surface area contributed by atoms with Crippen molar-refractivity contribution in [1.82, 2.24) is 4.98 Å². The highest BCUT2D eigenvalue weighted by atomic mass is 16.3. The van der Waals surface area contributed by atoms with Crippen LogP contribution in [-0.2, 0) is 0 Å². The van der Waals surface area contributed by atoms with Crippen molar-refractivity contribution in [2.24, 2.45) is 5.41 Å². The van der Waals surface area contributed by atoms with Crippen molar-refractivity contribution < 1.29 is 14.0 Å². The first-order chi connectivity index (χ1) is 23.6. The number of furan rings is 1. The number of aromatic nitrogens is 1. The number of aryl methyl sites for hydroxylation is 2. The van der Waals surface area contributed by atoms with Gasteiger partial charge in [0.15, 0.2) is 0 Å². The molecule has 5 aromatic carbocycles. The van der Waals surface area contributed by atoms with Crippen LogP contribution in [0.15, 0.2) is 102 Å². The van der Waals surface area contributed by atoms with Gasteiger partial charge in [-0.2, -0.15) is 0 Å². The van der Waals surface area contributed by atoms with Gasteiger partial charge in [-0.25, -0.2) is 0 Å². The van der Waals surface area contributed by atoms with E-state index in [2.05, 4.69) is 55.2 Å². The highest BCUT2D eigenvalue weighted by Crippen LogP contribution is 2.44. The molecule has 2 heterocycles. The van der Waals surface area contributed by atoms with Crippen LogP contribution in [0.1, 0.15) is 71.7 Å². The summed E-state index contributed by atoms with van der Waals surface area (Å²) in [7, 11) is 0. The summed E-state index contributed by atoms with van der Waals surface area (Å²) < 4.78 is 66.6. The van der Waals surface area contributed by atoms with E-state index in [1.165, 1.54) is 6.20 Å². The molecule has 0 unspecified atom stereocenters. The minimum Gasteiger partial charge on any atom is -0.455 e. The van der Waals surface area contributed by atoms with Gasteiger partial charge in [0.05, 0.1) is 5.69 Å². The van der Waals surface area contributed by atoms with Crippen LogP contribution in [-0.4, -0.2) is 4.98 Å². The summed E-state index contributed by atoms with van der Waals surface area (Å²) in [6.07, 6.45) is 4.35. The van der Waals surface area contributed by atoms with Gasteiger partial charge in [0, 0.05) is 32.1 Å². The Morgan fingerprint density at radius 1 is 0.721 bits per heavy atom. The van der Waals surface area contributed by atoms with Crippen molar-refractivity contribution in [1.29, 1.82) is 0 Å². The molecule has 0 amide bonds. The molecule has 1 aliphatic rings. The molecule has 8 rings (SSSR count). The zero-order valence-electron chi connectivity index (χ0n) is 31.4. The van der Waals surface area contributed by atoms with Crippen LogP contribution < -0.4 is 0 Å². The molecule has 2 aromatic heterocycles. The normalized spacial score (nSPS) is 19.3. The second kappa shape index (κ2) is 9.81. The zero-order chi connectivity index (χ0) is 35.2. The van der Waals surface area contributed by atoms with Gasteiger partial charge in [-0.3, -0.25) is 4.98 Å². The van der Waals surface area contributed by atoms with Crippen LogP contribution in [0.2, 0.25) is 0 Å². The maximum atomic E-state index is 9.32. The second-order valence-corrected chi connectivity index (χ2v) is 12.8. The van der Waals surface area contributed by atoms with Gasteiger partial charge in [-0.05, 0) is 124 Å². The summed E-state index contributed by atoms with van der Waals surface area (Å²) in [5.74, 6) is -0.904. The number of benzene rings is 5. The van der Waals surface area contributed by atoms with Gasteiger partial charge in [0.25, 0.3) is 0 Å². The third kappa shape index (κ3) is 4.43. The molecular weight excluding hydrogens is 522 g/mol. The second-order valence-electron chi connectivity index (χ2n) is 12.8. The predicted molar refractivity (Wildman–Crippen MR) is 182 cm³/mol. The standard InChI is InChI=1S/C41H37NO/c1-25-20-29(27-16-18-41(3,4)19-17-27)14-15-31(25)35-22-38(42-24-26(35)2)34-11-7-10-33-37-21-30-13-12-28-8-5-6-9-32(28)36(30)23-39(37)43-40(33)34/h5-15,20-24,27H,16-19H2,1-4H3/i1D3,2D3,27D. The molecule has 43 heavy (non-hydrogen) atoms. The molecule has 0 N–H and O–H groups in total. The lowest BCUT2D eigenvalue weighted by atomic mass is 9.71. The predicted octanol–water partition coefficient (Wildman–Crippen LogP) is 11.9. The highest BCUT2D eigenvalue weighted by Gasteiger charge is 2.28. The first-order valence-corrected chi connectivity index (χ1v) is 15.0. The fourth-order valence-corrected chi connectivity index (χ4v) is 6.84. The highest BCUT2D eigenvalue weighted by molar-refractivity contribution is 6.17. The summed E-state index contributed by atoms with van der Waals surface area (Å²) in [4.78, 5) is 4.63. The number of fused-ring (bicyclic) bond motifs is 6. The number of para-hydroxylation sites is 1. The molecule has 0 saturated heterocycles. The maximum absolute atomic E-state index is 9.32. The average molecular weight is 567 g/mol. The number of pyridine rings is 1. The van der Waals surface area contributed by atoms with Gasteiger partial charge in [0.1, 0.15) is 11.2 Å². The molecule has 1 saturated carbocycles. The largest absolute Gasteiger partial charge is 0.455 e. The molecule has 2 nitrogen and oxygen atoms in total. The lowest BCUT2D eigenvalue weighted by Gasteiger charge is -2.34. The van der Waals surface area contributed by atoms with E-state index in [4.69, 9.17) is 12.6 Å². The molecule has 0 radical (unpaired) electrons. The van der Waals surface area contributed by atoms with Gasteiger partial charge in [0.2, 0.25) is 0 Å². The number of rotatable bonds is 3.